The monoisotopic (exact) mass is 356 g/mol. The van der Waals surface area contributed by atoms with E-state index in [1.165, 1.54) is 6.33 Å². The summed E-state index contributed by atoms with van der Waals surface area (Å²) in [7, 11) is 0. The Morgan fingerprint density at radius 1 is 1.00 bits per heavy atom. The van der Waals surface area contributed by atoms with E-state index in [4.69, 9.17) is 23.2 Å². The lowest BCUT2D eigenvalue weighted by atomic mass is 10.2. The molecule has 0 aliphatic rings. The molecule has 3 heterocycles. The highest BCUT2D eigenvalue weighted by molar-refractivity contribution is 6.32. The minimum atomic E-state index is 0.404. The molecule has 3 aromatic heterocycles. The summed E-state index contributed by atoms with van der Waals surface area (Å²) in [5.74, 6) is 0.592. The van der Waals surface area contributed by atoms with Crippen molar-refractivity contribution in [3.63, 3.8) is 0 Å². The van der Waals surface area contributed by atoms with Crippen molar-refractivity contribution in [1.29, 1.82) is 0 Å². The van der Waals surface area contributed by atoms with Crippen molar-refractivity contribution in [3.8, 4) is 28.5 Å². The molecule has 0 unspecified atom stereocenters. The Labute approximate surface area is 147 Å². The first-order valence-corrected chi connectivity index (χ1v) is 7.80. The quantitative estimate of drug-likeness (QED) is 0.562. The molecule has 0 aliphatic carbocycles. The number of rotatable bonds is 3. The largest absolute Gasteiger partial charge is 0.258 e. The summed E-state index contributed by atoms with van der Waals surface area (Å²) in [6.07, 6.45) is 3.09. The zero-order valence-corrected chi connectivity index (χ0v) is 13.7. The van der Waals surface area contributed by atoms with Gasteiger partial charge in [0, 0.05) is 11.8 Å². The number of aromatic nitrogens is 6. The van der Waals surface area contributed by atoms with Crippen LogP contribution in [0.1, 0.15) is 0 Å². The highest BCUT2D eigenvalue weighted by Gasteiger charge is 2.16. The van der Waals surface area contributed by atoms with Gasteiger partial charge in [-0.05, 0) is 30.3 Å². The van der Waals surface area contributed by atoms with Crippen LogP contribution < -0.4 is 0 Å². The van der Waals surface area contributed by atoms with Crippen molar-refractivity contribution in [1.82, 2.24) is 29.9 Å². The number of benzene rings is 1. The molecule has 6 nitrogen and oxygen atoms in total. The fourth-order valence-electron chi connectivity index (χ4n) is 2.39. The van der Waals surface area contributed by atoms with Gasteiger partial charge in [-0.3, -0.25) is 5.10 Å². The third kappa shape index (κ3) is 2.66. The minimum absolute atomic E-state index is 0.404. The molecule has 0 aliphatic heterocycles. The van der Waals surface area contributed by atoms with Crippen molar-refractivity contribution in [2.75, 3.05) is 0 Å². The molecule has 8 heteroatoms. The van der Waals surface area contributed by atoms with Crippen LogP contribution in [0.2, 0.25) is 10.2 Å². The number of aromatic amines is 1. The van der Waals surface area contributed by atoms with E-state index in [0.29, 0.717) is 16.0 Å². The topological polar surface area (TPSA) is 72.3 Å². The number of nitrogens with one attached hydrogen (secondary N) is 1. The zero-order valence-electron chi connectivity index (χ0n) is 12.2. The van der Waals surface area contributed by atoms with E-state index in [2.05, 4.69) is 25.3 Å². The van der Waals surface area contributed by atoms with Gasteiger partial charge in [0.25, 0.3) is 0 Å². The number of para-hydroxylation sites is 1. The van der Waals surface area contributed by atoms with Gasteiger partial charge in [0.2, 0.25) is 0 Å². The van der Waals surface area contributed by atoms with E-state index in [0.717, 1.165) is 22.6 Å². The van der Waals surface area contributed by atoms with Crippen LogP contribution in [-0.4, -0.2) is 29.9 Å². The average Bonchev–Trinajstić information content (AvgIpc) is 3.25. The molecule has 0 spiro atoms. The molecule has 0 saturated heterocycles. The van der Waals surface area contributed by atoms with Gasteiger partial charge >= 0.3 is 0 Å². The minimum Gasteiger partial charge on any atom is -0.258 e. The van der Waals surface area contributed by atoms with Crippen LogP contribution in [0.15, 0.2) is 55.0 Å². The summed E-state index contributed by atoms with van der Waals surface area (Å²) in [6.45, 7) is 0. The van der Waals surface area contributed by atoms with E-state index in [-0.39, 0.29) is 0 Å². The summed E-state index contributed by atoms with van der Waals surface area (Å²) in [5, 5.41) is 12.4. The van der Waals surface area contributed by atoms with Crippen LogP contribution in [-0.2, 0) is 0 Å². The average molecular weight is 357 g/mol. The van der Waals surface area contributed by atoms with Gasteiger partial charge < -0.3 is 0 Å². The van der Waals surface area contributed by atoms with Crippen molar-refractivity contribution in [2.24, 2.45) is 0 Å². The van der Waals surface area contributed by atoms with Crippen LogP contribution in [0.25, 0.3) is 28.5 Å². The maximum atomic E-state index is 6.33. The van der Waals surface area contributed by atoms with E-state index in [1.54, 1.807) is 16.9 Å². The van der Waals surface area contributed by atoms with E-state index < -0.39 is 0 Å². The summed E-state index contributed by atoms with van der Waals surface area (Å²) in [6, 6.07) is 13.0. The van der Waals surface area contributed by atoms with Gasteiger partial charge in [-0.25, -0.2) is 14.6 Å². The molecule has 1 aromatic carbocycles. The van der Waals surface area contributed by atoms with Crippen LogP contribution in [0, 0.1) is 0 Å². The molecule has 118 valence electrons. The predicted octanol–water partition coefficient (Wildman–Crippen LogP) is 4.03. The van der Waals surface area contributed by atoms with E-state index in [9.17, 15) is 0 Å². The van der Waals surface area contributed by atoms with Gasteiger partial charge in [0.15, 0.2) is 5.82 Å². The van der Waals surface area contributed by atoms with Gasteiger partial charge in [0.05, 0.1) is 16.4 Å². The van der Waals surface area contributed by atoms with Crippen molar-refractivity contribution in [2.45, 2.75) is 0 Å². The van der Waals surface area contributed by atoms with Crippen molar-refractivity contribution >= 4 is 23.2 Å². The standard InChI is InChI=1S/C16H10Cl2N6/c17-11-3-1-2-4-13(11)24-14(16-20-9-21-22-16)8-12(23-24)10-5-6-19-15(18)7-10/h1-9H,(H,20,21,22). The Morgan fingerprint density at radius 3 is 2.62 bits per heavy atom. The Morgan fingerprint density at radius 2 is 1.88 bits per heavy atom. The molecule has 24 heavy (non-hydrogen) atoms. The SMILES string of the molecule is Clc1cc(-c2cc(-c3ncn[nH]3)n(-c3ccccc3Cl)n2)ccn1. The second-order valence-electron chi connectivity index (χ2n) is 4.98. The molecule has 4 aromatic rings. The molecule has 0 atom stereocenters. The number of hydrogen-bond donors (Lipinski definition) is 1. The van der Waals surface area contributed by atoms with Gasteiger partial charge in [-0.2, -0.15) is 10.2 Å². The van der Waals surface area contributed by atoms with Gasteiger partial charge in [-0.1, -0.05) is 35.3 Å². The second-order valence-corrected chi connectivity index (χ2v) is 5.77. The maximum Gasteiger partial charge on any atom is 0.174 e. The highest BCUT2D eigenvalue weighted by Crippen LogP contribution is 2.29. The second kappa shape index (κ2) is 6.07. The van der Waals surface area contributed by atoms with E-state index in [1.807, 2.05) is 36.4 Å². The lowest BCUT2D eigenvalue weighted by molar-refractivity contribution is 0.882. The Kier molecular flexibility index (Phi) is 3.76. The fraction of sp³-hybridized carbons (Fsp3) is 0. The molecule has 0 amide bonds. The molecule has 0 saturated carbocycles. The number of hydrogen-bond acceptors (Lipinski definition) is 4. The molecule has 0 fully saturated rings. The summed E-state index contributed by atoms with van der Waals surface area (Å²) < 4.78 is 1.73. The van der Waals surface area contributed by atoms with Crippen LogP contribution in [0.5, 0.6) is 0 Å². The highest BCUT2D eigenvalue weighted by atomic mass is 35.5. The normalized spacial score (nSPS) is 10.9. The first-order valence-electron chi connectivity index (χ1n) is 7.05. The van der Waals surface area contributed by atoms with Crippen LogP contribution in [0.3, 0.4) is 0 Å². The van der Waals surface area contributed by atoms with Crippen molar-refractivity contribution in [3.05, 3.63) is 65.2 Å². The number of H-pyrrole nitrogens is 1. The van der Waals surface area contributed by atoms with E-state index >= 15 is 0 Å². The molecule has 0 radical (unpaired) electrons. The Bertz CT molecular complexity index is 993. The molecule has 0 bridgehead atoms. The summed E-state index contributed by atoms with van der Waals surface area (Å²) in [5.41, 5.74) is 3.06. The number of nitrogens with zero attached hydrogens (tertiary/aromatic N) is 5. The van der Waals surface area contributed by atoms with Crippen LogP contribution >= 0.6 is 23.2 Å². The summed E-state index contributed by atoms with van der Waals surface area (Å²) >= 11 is 12.3. The number of pyridine rings is 1. The third-order valence-electron chi connectivity index (χ3n) is 3.47. The summed E-state index contributed by atoms with van der Waals surface area (Å²) in [4.78, 5) is 8.22. The van der Waals surface area contributed by atoms with Crippen LogP contribution in [0.4, 0.5) is 0 Å². The fourth-order valence-corrected chi connectivity index (χ4v) is 2.78. The predicted molar refractivity (Wildman–Crippen MR) is 92.2 cm³/mol. The molecular weight excluding hydrogens is 347 g/mol. The first-order chi connectivity index (χ1) is 11.7. The smallest absolute Gasteiger partial charge is 0.174 e. The molecule has 1 N–H and O–H groups in total. The van der Waals surface area contributed by atoms with Gasteiger partial charge in [0.1, 0.15) is 17.2 Å². The molecule has 4 rings (SSSR count). The maximum absolute atomic E-state index is 6.33. The Hall–Kier alpha value is -2.70. The third-order valence-corrected chi connectivity index (χ3v) is 4.00. The lowest BCUT2D eigenvalue weighted by Gasteiger charge is -2.07. The lowest BCUT2D eigenvalue weighted by Crippen LogP contribution is -2.01. The Balaban J connectivity index is 1.94. The number of halogens is 2. The van der Waals surface area contributed by atoms with Crippen molar-refractivity contribution < 1.29 is 0 Å². The zero-order chi connectivity index (χ0) is 16.5. The first kappa shape index (κ1) is 14.9. The van der Waals surface area contributed by atoms with Gasteiger partial charge in [-0.15, -0.1) is 0 Å². The molecular formula is C16H10Cl2N6.